The van der Waals surface area contributed by atoms with Gasteiger partial charge in [-0.1, -0.05) is 6.07 Å². The summed E-state index contributed by atoms with van der Waals surface area (Å²) in [6.45, 7) is 6.83. The van der Waals surface area contributed by atoms with Crippen LogP contribution in [0.1, 0.15) is 36.2 Å². The van der Waals surface area contributed by atoms with E-state index in [9.17, 15) is 0 Å². The molecule has 20 heavy (non-hydrogen) atoms. The molecule has 0 bridgehead atoms. The van der Waals surface area contributed by atoms with E-state index in [2.05, 4.69) is 59.8 Å². The molecule has 0 saturated carbocycles. The number of thiophene rings is 1. The van der Waals surface area contributed by atoms with Gasteiger partial charge >= 0.3 is 0 Å². The highest BCUT2D eigenvalue weighted by Crippen LogP contribution is 2.29. The quantitative estimate of drug-likeness (QED) is 0.866. The Bertz CT molecular complexity index is 556. The Morgan fingerprint density at radius 1 is 1.20 bits per heavy atom. The molecule has 0 radical (unpaired) electrons. The first kappa shape index (κ1) is 13.5. The molecule has 2 heterocycles. The van der Waals surface area contributed by atoms with Crippen molar-refractivity contribution in [3.8, 4) is 0 Å². The number of benzene rings is 1. The lowest BCUT2D eigenvalue weighted by atomic mass is 10.1. The summed E-state index contributed by atoms with van der Waals surface area (Å²) in [6.07, 6.45) is 2.66. The van der Waals surface area contributed by atoms with E-state index in [1.807, 2.05) is 11.3 Å². The molecule has 3 rings (SSSR count). The van der Waals surface area contributed by atoms with Gasteiger partial charge < -0.3 is 10.2 Å². The first-order chi connectivity index (χ1) is 9.74. The molecule has 0 aliphatic carbocycles. The zero-order valence-electron chi connectivity index (χ0n) is 12.2. The fourth-order valence-electron chi connectivity index (χ4n) is 2.82. The van der Waals surface area contributed by atoms with Crippen LogP contribution in [0, 0.1) is 6.92 Å². The maximum absolute atomic E-state index is 3.62. The van der Waals surface area contributed by atoms with Crippen molar-refractivity contribution in [1.82, 2.24) is 0 Å². The predicted molar refractivity (Wildman–Crippen MR) is 89.0 cm³/mol. The molecule has 1 unspecified atom stereocenters. The van der Waals surface area contributed by atoms with Crippen LogP contribution in [0.3, 0.4) is 0 Å². The third-order valence-corrected chi connectivity index (χ3v) is 5.08. The molecule has 1 aromatic heterocycles. The smallest absolute Gasteiger partial charge is 0.0578 e. The molecule has 1 aliphatic heterocycles. The first-order valence-electron chi connectivity index (χ1n) is 7.39. The van der Waals surface area contributed by atoms with Gasteiger partial charge in [0.25, 0.3) is 0 Å². The molecule has 0 spiro atoms. The van der Waals surface area contributed by atoms with E-state index in [1.165, 1.54) is 47.7 Å². The van der Waals surface area contributed by atoms with Gasteiger partial charge in [0, 0.05) is 29.3 Å². The Labute approximate surface area is 125 Å². The Balaban J connectivity index is 1.74. The highest BCUT2D eigenvalue weighted by molar-refractivity contribution is 7.10. The number of aryl methyl sites for hydroxylation is 1. The van der Waals surface area contributed by atoms with Gasteiger partial charge in [0.15, 0.2) is 0 Å². The zero-order valence-corrected chi connectivity index (χ0v) is 13.0. The van der Waals surface area contributed by atoms with Crippen LogP contribution in [0.4, 0.5) is 11.4 Å². The van der Waals surface area contributed by atoms with Crippen molar-refractivity contribution < 1.29 is 0 Å². The van der Waals surface area contributed by atoms with Crippen LogP contribution in [0.5, 0.6) is 0 Å². The average Bonchev–Trinajstić information content (AvgIpc) is 3.14. The van der Waals surface area contributed by atoms with E-state index in [1.54, 1.807) is 0 Å². The second kappa shape index (κ2) is 5.88. The summed E-state index contributed by atoms with van der Waals surface area (Å²) in [5.41, 5.74) is 3.95. The van der Waals surface area contributed by atoms with Crippen LogP contribution < -0.4 is 10.2 Å². The van der Waals surface area contributed by atoms with Gasteiger partial charge in [-0.15, -0.1) is 11.3 Å². The van der Waals surface area contributed by atoms with Crippen LogP contribution in [-0.4, -0.2) is 13.1 Å². The predicted octanol–water partition coefficient (Wildman–Crippen LogP) is 4.83. The second-order valence-electron chi connectivity index (χ2n) is 5.57. The minimum absolute atomic E-state index is 0.367. The molecular formula is C17H22N2S. The highest BCUT2D eigenvalue weighted by atomic mass is 32.1. The van der Waals surface area contributed by atoms with Crippen molar-refractivity contribution in [2.24, 2.45) is 0 Å². The third-order valence-electron chi connectivity index (χ3n) is 4.02. The van der Waals surface area contributed by atoms with Crippen LogP contribution in [0.25, 0.3) is 0 Å². The van der Waals surface area contributed by atoms with Gasteiger partial charge in [0.1, 0.15) is 0 Å². The molecule has 2 nitrogen and oxygen atoms in total. The van der Waals surface area contributed by atoms with Gasteiger partial charge in [-0.2, -0.15) is 0 Å². The van der Waals surface area contributed by atoms with Crippen LogP contribution in [0.15, 0.2) is 35.7 Å². The minimum Gasteiger partial charge on any atom is -0.377 e. The van der Waals surface area contributed by atoms with Gasteiger partial charge in [0.2, 0.25) is 0 Å². The zero-order chi connectivity index (χ0) is 13.9. The third kappa shape index (κ3) is 2.83. The summed E-state index contributed by atoms with van der Waals surface area (Å²) in [7, 11) is 0. The van der Waals surface area contributed by atoms with Crippen LogP contribution in [-0.2, 0) is 0 Å². The monoisotopic (exact) mass is 286 g/mol. The molecule has 1 fully saturated rings. The normalized spacial score (nSPS) is 16.4. The molecule has 1 atom stereocenters. The Hall–Kier alpha value is -1.48. The Morgan fingerprint density at radius 2 is 2.00 bits per heavy atom. The summed E-state index contributed by atoms with van der Waals surface area (Å²) >= 11 is 1.81. The van der Waals surface area contributed by atoms with E-state index in [0.717, 1.165) is 0 Å². The van der Waals surface area contributed by atoms with Crippen LogP contribution >= 0.6 is 11.3 Å². The molecule has 3 heteroatoms. The number of anilines is 2. The number of hydrogen-bond acceptors (Lipinski definition) is 3. The summed E-state index contributed by atoms with van der Waals surface area (Å²) in [4.78, 5) is 3.87. The number of nitrogens with one attached hydrogen (secondary N) is 1. The SMILES string of the molecule is Cc1cc(N2CCCC2)ccc1NC(C)c1cccs1. The van der Waals surface area contributed by atoms with Crippen LogP contribution in [0.2, 0.25) is 0 Å². The second-order valence-corrected chi connectivity index (χ2v) is 6.55. The van der Waals surface area contributed by atoms with Crippen molar-refractivity contribution in [2.45, 2.75) is 32.7 Å². The van der Waals surface area contributed by atoms with Crippen molar-refractivity contribution in [3.05, 3.63) is 46.2 Å². The largest absolute Gasteiger partial charge is 0.377 e. The van der Waals surface area contributed by atoms with E-state index < -0.39 is 0 Å². The Kier molecular flexibility index (Phi) is 3.97. The minimum atomic E-state index is 0.367. The number of nitrogens with zero attached hydrogens (tertiary/aromatic N) is 1. The maximum atomic E-state index is 3.62. The summed E-state index contributed by atoms with van der Waals surface area (Å²) in [5.74, 6) is 0. The number of rotatable bonds is 4. The van der Waals surface area contributed by atoms with Gasteiger partial charge in [0.05, 0.1) is 6.04 Å². The summed E-state index contributed by atoms with van der Waals surface area (Å²) in [5, 5.41) is 5.76. The fourth-order valence-corrected chi connectivity index (χ4v) is 3.56. The van der Waals surface area contributed by atoms with Gasteiger partial charge in [-0.25, -0.2) is 0 Å². The lowest BCUT2D eigenvalue weighted by Gasteiger charge is -2.21. The van der Waals surface area contributed by atoms with Gasteiger partial charge in [-0.3, -0.25) is 0 Å². The summed E-state index contributed by atoms with van der Waals surface area (Å²) in [6, 6.07) is 11.5. The van der Waals surface area contributed by atoms with Gasteiger partial charge in [-0.05, 0) is 61.9 Å². The molecular weight excluding hydrogens is 264 g/mol. The molecule has 106 valence electrons. The van der Waals surface area contributed by atoms with E-state index in [4.69, 9.17) is 0 Å². The molecule has 0 amide bonds. The lowest BCUT2D eigenvalue weighted by Crippen LogP contribution is -2.17. The number of hydrogen-bond donors (Lipinski definition) is 1. The molecule has 1 N–H and O–H groups in total. The lowest BCUT2D eigenvalue weighted by molar-refractivity contribution is 0.904. The van der Waals surface area contributed by atoms with E-state index in [-0.39, 0.29) is 0 Å². The van der Waals surface area contributed by atoms with Crippen molar-refractivity contribution in [3.63, 3.8) is 0 Å². The van der Waals surface area contributed by atoms with Crippen molar-refractivity contribution in [1.29, 1.82) is 0 Å². The topological polar surface area (TPSA) is 15.3 Å². The first-order valence-corrected chi connectivity index (χ1v) is 8.27. The average molecular weight is 286 g/mol. The molecule has 1 saturated heterocycles. The standard InChI is InChI=1S/C17H22N2S/c1-13-12-15(19-9-3-4-10-19)7-8-16(13)18-14(2)17-6-5-11-20-17/h5-8,11-12,14,18H,3-4,9-10H2,1-2H3. The molecule has 1 aliphatic rings. The van der Waals surface area contributed by atoms with Crippen molar-refractivity contribution in [2.75, 3.05) is 23.3 Å². The molecule has 1 aromatic carbocycles. The molecule has 2 aromatic rings. The van der Waals surface area contributed by atoms with Crippen molar-refractivity contribution >= 4 is 22.7 Å². The highest BCUT2D eigenvalue weighted by Gasteiger charge is 2.14. The summed E-state index contributed by atoms with van der Waals surface area (Å²) < 4.78 is 0. The fraction of sp³-hybridized carbons (Fsp3) is 0.412. The van der Waals surface area contributed by atoms with E-state index >= 15 is 0 Å². The Morgan fingerprint density at radius 3 is 2.65 bits per heavy atom. The maximum Gasteiger partial charge on any atom is 0.0578 e. The van der Waals surface area contributed by atoms with E-state index in [0.29, 0.717) is 6.04 Å².